The lowest BCUT2D eigenvalue weighted by Gasteiger charge is -2.42. The first-order valence-corrected chi connectivity index (χ1v) is 13.4. The molecule has 0 saturated carbocycles. The summed E-state index contributed by atoms with van der Waals surface area (Å²) in [6, 6.07) is 9.46. The topological polar surface area (TPSA) is 43.4 Å². The van der Waals surface area contributed by atoms with Gasteiger partial charge in [0.1, 0.15) is 0 Å². The van der Waals surface area contributed by atoms with E-state index in [4.69, 9.17) is 0 Å². The molecule has 0 bridgehead atoms. The summed E-state index contributed by atoms with van der Waals surface area (Å²) in [5, 5.41) is -7.69. The van der Waals surface area contributed by atoms with Crippen LogP contribution in [0.2, 0.25) is 0 Å². The van der Waals surface area contributed by atoms with Crippen LogP contribution in [0, 0.1) is 3.57 Å². The fourth-order valence-electron chi connectivity index (χ4n) is 3.38. The first-order valence-electron chi connectivity index (χ1n) is 10.1. The van der Waals surface area contributed by atoms with E-state index >= 15 is 0 Å². The predicted molar refractivity (Wildman–Crippen MR) is 100 cm³/mol. The van der Waals surface area contributed by atoms with Crippen molar-refractivity contribution in [2.24, 2.45) is 0 Å². The van der Waals surface area contributed by atoms with Gasteiger partial charge in [0.05, 0.1) is 0 Å². The number of hydrogen-bond acceptors (Lipinski definition) is 3. The van der Waals surface area contributed by atoms with Crippen molar-refractivity contribution in [3.63, 3.8) is 0 Å². The molecule has 22 heteroatoms. The molecule has 0 aromatic heterocycles. The number of alkyl halides is 17. The van der Waals surface area contributed by atoms with E-state index in [1.54, 1.807) is 0 Å². The molecule has 0 saturated heterocycles. The molecule has 0 unspecified atom stereocenters. The molecule has 0 radical (unpaired) electrons. The minimum Gasteiger partial charge on any atom is -0.192 e. The van der Waals surface area contributed by atoms with Gasteiger partial charge in [0.25, 0.3) is 0 Å². The summed E-state index contributed by atoms with van der Waals surface area (Å²) in [5.74, 6) is -51.9. The molecule has 3 rings (SSSR count). The standard InChI is InChI=1S/C20H7F17IO3S/c21-13(22,15(25,26)17(29,30)19(33,34)35)14(23,24)16(27,28)18(31,32)20(36,37)42(39,40)41-38-11-7-3-6-10-8-4-1-2-5-9(8)12(10)11/h1-7H/q+1. The highest BCUT2D eigenvalue weighted by molar-refractivity contribution is 7.87. The van der Waals surface area contributed by atoms with Crippen LogP contribution in [0.1, 0.15) is 0 Å². The maximum atomic E-state index is 14.2. The molecule has 0 heterocycles. The van der Waals surface area contributed by atoms with E-state index in [-0.39, 0.29) is 9.13 Å². The SMILES string of the molecule is O=S(=O)(O[I+]c1cccc2c1-c1ccccc1-2)C(F)(F)C(F)(F)C(F)(F)C(F)(F)C(F)(F)C(F)(F)C(F)(F)C(F)(F)F. The Bertz CT molecular complexity index is 1480. The van der Waals surface area contributed by atoms with Gasteiger partial charge in [-0.25, -0.2) is 0 Å². The van der Waals surface area contributed by atoms with Crippen LogP contribution in [-0.2, 0) is 12.6 Å². The van der Waals surface area contributed by atoms with Crippen molar-refractivity contribution in [1.82, 2.24) is 0 Å². The summed E-state index contributed by atoms with van der Waals surface area (Å²) in [6.45, 7) is 0. The Morgan fingerprint density at radius 2 is 0.905 bits per heavy atom. The smallest absolute Gasteiger partial charge is 0.192 e. The molecule has 2 aromatic carbocycles. The fourth-order valence-corrected chi connectivity index (χ4v) is 7.18. The van der Waals surface area contributed by atoms with E-state index in [2.05, 4.69) is 2.51 Å². The van der Waals surface area contributed by atoms with Crippen molar-refractivity contribution in [2.75, 3.05) is 0 Å². The van der Waals surface area contributed by atoms with Crippen LogP contribution in [0.3, 0.4) is 0 Å². The molecule has 1 aliphatic carbocycles. The Morgan fingerprint density at radius 3 is 1.38 bits per heavy atom. The molecular weight excluding hydrogens is 770 g/mol. The average molecular weight is 777 g/mol. The van der Waals surface area contributed by atoms with Crippen molar-refractivity contribution in [2.45, 2.75) is 47.0 Å². The monoisotopic (exact) mass is 777 g/mol. The second kappa shape index (κ2) is 9.69. The number of benzene rings is 2. The van der Waals surface area contributed by atoms with Crippen molar-refractivity contribution >= 4 is 10.1 Å². The van der Waals surface area contributed by atoms with Gasteiger partial charge in [-0.1, -0.05) is 36.4 Å². The van der Waals surface area contributed by atoms with Crippen LogP contribution in [0.15, 0.2) is 42.5 Å². The maximum absolute atomic E-state index is 14.2. The van der Waals surface area contributed by atoms with Gasteiger partial charge >= 0.3 is 78.7 Å². The second-order valence-electron chi connectivity index (χ2n) is 8.26. The summed E-state index contributed by atoms with van der Waals surface area (Å²) in [6.07, 6.45) is -7.89. The molecule has 0 aliphatic heterocycles. The molecule has 0 fully saturated rings. The summed E-state index contributed by atoms with van der Waals surface area (Å²) in [5.41, 5.74) is 1.31. The highest BCUT2D eigenvalue weighted by Gasteiger charge is 2.96. The molecule has 0 N–H and O–H groups in total. The Hall–Kier alpha value is -2.11. The minimum atomic E-state index is -8.89. The van der Waals surface area contributed by atoms with E-state index in [0.29, 0.717) is 16.7 Å². The first-order chi connectivity index (χ1) is 18.6. The lowest BCUT2D eigenvalue weighted by Crippen LogP contribution is -3.62. The zero-order chi connectivity index (χ0) is 32.8. The lowest BCUT2D eigenvalue weighted by molar-refractivity contribution is -0.837. The van der Waals surface area contributed by atoms with Crippen molar-refractivity contribution in [3.05, 3.63) is 46.0 Å². The Labute approximate surface area is 232 Å². The van der Waals surface area contributed by atoms with E-state index in [1.165, 1.54) is 36.4 Å². The van der Waals surface area contributed by atoms with E-state index in [0.717, 1.165) is 6.07 Å². The highest BCUT2D eigenvalue weighted by atomic mass is 127. The molecule has 42 heavy (non-hydrogen) atoms. The number of halogens is 18. The fraction of sp³-hybridized carbons (Fsp3) is 0.400. The van der Waals surface area contributed by atoms with E-state index in [1.807, 2.05) is 0 Å². The molecule has 236 valence electrons. The number of hydrogen-bond donors (Lipinski definition) is 0. The zero-order valence-electron chi connectivity index (χ0n) is 19.0. The molecule has 0 spiro atoms. The van der Waals surface area contributed by atoms with E-state index < -0.39 is 78.7 Å². The van der Waals surface area contributed by atoms with Crippen molar-refractivity contribution in [1.29, 1.82) is 0 Å². The molecule has 0 atom stereocenters. The normalized spacial score (nSPS) is 15.6. The van der Waals surface area contributed by atoms with Crippen molar-refractivity contribution < 1.29 is 107 Å². The van der Waals surface area contributed by atoms with Crippen LogP contribution in [0.5, 0.6) is 0 Å². The summed E-state index contributed by atoms with van der Waals surface area (Å²) < 4.78 is 255. The minimum absolute atomic E-state index is 0.107. The second-order valence-corrected chi connectivity index (χ2v) is 12.5. The van der Waals surface area contributed by atoms with Gasteiger partial charge in [0.15, 0.2) is 0 Å². The zero-order valence-corrected chi connectivity index (χ0v) is 22.0. The van der Waals surface area contributed by atoms with Crippen LogP contribution in [-0.4, -0.2) is 55.4 Å². The van der Waals surface area contributed by atoms with Crippen LogP contribution in [0.25, 0.3) is 22.3 Å². The van der Waals surface area contributed by atoms with Gasteiger partial charge in [-0.3, -0.25) is 0 Å². The van der Waals surface area contributed by atoms with Gasteiger partial charge < -0.3 is 0 Å². The molecule has 0 amide bonds. The first kappa shape index (κ1) is 34.4. The average Bonchev–Trinajstić information content (AvgIpc) is 2.84. The molecule has 1 aliphatic rings. The Balaban J connectivity index is 1.98. The Morgan fingerprint density at radius 1 is 0.500 bits per heavy atom. The van der Waals surface area contributed by atoms with E-state index in [9.17, 15) is 83.1 Å². The van der Waals surface area contributed by atoms with Gasteiger partial charge in [-0.05, 0) is 25.3 Å². The van der Waals surface area contributed by atoms with Gasteiger partial charge in [-0.15, -0.1) is 0 Å². The highest BCUT2D eigenvalue weighted by Crippen LogP contribution is 2.64. The summed E-state index contributed by atoms with van der Waals surface area (Å²) >= 11 is -2.95. The lowest BCUT2D eigenvalue weighted by atomic mass is 9.81. The molecular formula is C20H7F17IO3S+. The van der Waals surface area contributed by atoms with Gasteiger partial charge in [0.2, 0.25) is 3.57 Å². The number of rotatable bonds is 10. The van der Waals surface area contributed by atoms with Gasteiger partial charge in [-0.2, -0.15) is 83.1 Å². The predicted octanol–water partition coefficient (Wildman–Crippen LogP) is 4.82. The molecule has 3 nitrogen and oxygen atoms in total. The third kappa shape index (κ3) is 4.35. The number of fused-ring (bicyclic) bond motifs is 4. The quantitative estimate of drug-likeness (QED) is 0.219. The van der Waals surface area contributed by atoms with Crippen molar-refractivity contribution in [3.8, 4) is 22.3 Å². The van der Waals surface area contributed by atoms with Crippen LogP contribution in [0.4, 0.5) is 74.6 Å². The third-order valence-electron chi connectivity index (χ3n) is 5.70. The van der Waals surface area contributed by atoms with Crippen LogP contribution < -0.4 is 21.6 Å². The summed E-state index contributed by atoms with van der Waals surface area (Å²) in [7, 11) is -7.58. The third-order valence-corrected chi connectivity index (χ3v) is 10.2. The van der Waals surface area contributed by atoms with Crippen LogP contribution >= 0.6 is 0 Å². The summed E-state index contributed by atoms with van der Waals surface area (Å²) in [4.78, 5) is 0. The molecule has 2 aromatic rings. The van der Waals surface area contributed by atoms with Gasteiger partial charge in [0, 0.05) is 5.56 Å². The maximum Gasteiger partial charge on any atom is 0.541 e. The largest absolute Gasteiger partial charge is 0.541 e. The Kier molecular flexibility index (Phi) is 7.94.